The van der Waals surface area contributed by atoms with Crippen molar-refractivity contribution in [1.82, 2.24) is 4.98 Å². The van der Waals surface area contributed by atoms with Gasteiger partial charge in [-0.05, 0) is 59.1 Å². The predicted molar refractivity (Wildman–Crippen MR) is 80.8 cm³/mol. The molecule has 0 aliphatic heterocycles. The van der Waals surface area contributed by atoms with Gasteiger partial charge in [0.05, 0.1) is 5.56 Å². The van der Waals surface area contributed by atoms with Crippen molar-refractivity contribution in [3.05, 3.63) is 56.8 Å². The second kappa shape index (κ2) is 5.72. The van der Waals surface area contributed by atoms with Crippen LogP contribution in [0, 0.1) is 13.8 Å². The summed E-state index contributed by atoms with van der Waals surface area (Å²) in [5.74, 6) is -0.276. The summed E-state index contributed by atoms with van der Waals surface area (Å²) in [4.78, 5) is 16.1. The van der Waals surface area contributed by atoms with Crippen LogP contribution in [-0.2, 0) is 0 Å². The zero-order valence-corrected chi connectivity index (χ0v) is 12.8. The summed E-state index contributed by atoms with van der Waals surface area (Å²) in [6, 6.07) is 7.39. The Morgan fingerprint density at radius 1 is 1.26 bits per heavy atom. The van der Waals surface area contributed by atoms with E-state index in [1.807, 2.05) is 32.0 Å². The van der Waals surface area contributed by atoms with Crippen LogP contribution in [0.4, 0.5) is 5.69 Å². The van der Waals surface area contributed by atoms with Crippen LogP contribution in [0.2, 0.25) is 5.15 Å². The summed E-state index contributed by atoms with van der Waals surface area (Å²) in [5.41, 5.74) is 3.38. The molecule has 0 aliphatic rings. The molecule has 3 nitrogen and oxygen atoms in total. The first kappa shape index (κ1) is 14.0. The fraction of sp³-hybridized carbons (Fsp3) is 0.143. The Balaban J connectivity index is 2.25. The van der Waals surface area contributed by atoms with E-state index in [1.165, 1.54) is 5.56 Å². The second-order valence-corrected chi connectivity index (χ2v) is 5.52. The topological polar surface area (TPSA) is 42.0 Å². The lowest BCUT2D eigenvalue weighted by molar-refractivity contribution is 0.102. The van der Waals surface area contributed by atoms with E-state index < -0.39 is 0 Å². The van der Waals surface area contributed by atoms with Crippen LogP contribution >= 0.6 is 27.5 Å². The largest absolute Gasteiger partial charge is 0.322 e. The van der Waals surface area contributed by atoms with E-state index >= 15 is 0 Å². The third kappa shape index (κ3) is 3.33. The van der Waals surface area contributed by atoms with Crippen LogP contribution in [0.5, 0.6) is 0 Å². The number of carbonyl (C=O) groups is 1. The summed E-state index contributed by atoms with van der Waals surface area (Å²) >= 11 is 9.19. The fourth-order valence-corrected chi connectivity index (χ4v) is 2.12. The maximum absolute atomic E-state index is 12.1. The van der Waals surface area contributed by atoms with Gasteiger partial charge < -0.3 is 5.32 Å². The van der Waals surface area contributed by atoms with Crippen molar-refractivity contribution < 1.29 is 4.79 Å². The maximum atomic E-state index is 12.1. The molecule has 1 aromatic carbocycles. The van der Waals surface area contributed by atoms with E-state index in [0.29, 0.717) is 10.0 Å². The molecule has 0 radical (unpaired) electrons. The molecule has 5 heteroatoms. The molecule has 98 valence electrons. The first-order valence-electron chi connectivity index (χ1n) is 5.67. The maximum Gasteiger partial charge on any atom is 0.258 e. The van der Waals surface area contributed by atoms with Crippen molar-refractivity contribution >= 4 is 39.1 Å². The van der Waals surface area contributed by atoms with Gasteiger partial charge in [-0.25, -0.2) is 4.98 Å². The van der Waals surface area contributed by atoms with E-state index in [4.69, 9.17) is 11.6 Å². The van der Waals surface area contributed by atoms with Crippen molar-refractivity contribution in [3.63, 3.8) is 0 Å². The van der Waals surface area contributed by atoms with Crippen LogP contribution < -0.4 is 5.32 Å². The standard InChI is InChI=1S/C14H12BrClN2O/c1-8-3-4-11(5-9(8)2)18-14(19)12-6-10(15)7-17-13(12)16/h3-7H,1-2H3,(H,18,19). The molecule has 0 saturated carbocycles. The number of anilines is 1. The highest BCUT2D eigenvalue weighted by atomic mass is 79.9. The Hall–Kier alpha value is -1.39. The zero-order valence-electron chi connectivity index (χ0n) is 10.5. The van der Waals surface area contributed by atoms with Crippen molar-refractivity contribution in [2.45, 2.75) is 13.8 Å². The van der Waals surface area contributed by atoms with E-state index in [9.17, 15) is 4.79 Å². The normalized spacial score (nSPS) is 10.3. The molecule has 2 rings (SSSR count). The lowest BCUT2D eigenvalue weighted by Crippen LogP contribution is -2.13. The van der Waals surface area contributed by atoms with Crippen molar-refractivity contribution in [3.8, 4) is 0 Å². The molecule has 0 fully saturated rings. The van der Waals surface area contributed by atoms with Gasteiger partial charge >= 0.3 is 0 Å². The van der Waals surface area contributed by atoms with Crippen LogP contribution in [0.25, 0.3) is 0 Å². The Labute approximate surface area is 125 Å². The van der Waals surface area contributed by atoms with Gasteiger partial charge in [0.15, 0.2) is 0 Å². The average molecular weight is 340 g/mol. The second-order valence-electron chi connectivity index (χ2n) is 4.25. The summed E-state index contributed by atoms with van der Waals surface area (Å²) in [7, 11) is 0. The number of aromatic nitrogens is 1. The molecule has 0 saturated heterocycles. The van der Waals surface area contributed by atoms with Crippen LogP contribution in [0.3, 0.4) is 0 Å². The van der Waals surface area contributed by atoms with Gasteiger partial charge in [0.2, 0.25) is 0 Å². The summed E-state index contributed by atoms with van der Waals surface area (Å²) in [5, 5.41) is 2.99. The highest BCUT2D eigenvalue weighted by molar-refractivity contribution is 9.10. The number of pyridine rings is 1. The van der Waals surface area contributed by atoms with E-state index in [1.54, 1.807) is 12.3 Å². The number of hydrogen-bond acceptors (Lipinski definition) is 2. The Kier molecular flexibility index (Phi) is 4.22. The van der Waals surface area contributed by atoms with Gasteiger partial charge in [0, 0.05) is 16.4 Å². The van der Waals surface area contributed by atoms with Crippen molar-refractivity contribution in [1.29, 1.82) is 0 Å². The SMILES string of the molecule is Cc1ccc(NC(=O)c2cc(Br)cnc2Cl)cc1C. The average Bonchev–Trinajstić information content (AvgIpc) is 2.36. The quantitative estimate of drug-likeness (QED) is 0.826. The molecule has 0 atom stereocenters. The highest BCUT2D eigenvalue weighted by Gasteiger charge is 2.12. The number of carbonyl (C=O) groups excluding carboxylic acids is 1. The number of aryl methyl sites for hydroxylation is 2. The monoisotopic (exact) mass is 338 g/mol. The Morgan fingerprint density at radius 2 is 2.00 bits per heavy atom. The van der Waals surface area contributed by atoms with Gasteiger partial charge in [0.1, 0.15) is 5.15 Å². The Bertz CT molecular complexity index is 643. The third-order valence-electron chi connectivity index (χ3n) is 2.82. The van der Waals surface area contributed by atoms with Crippen LogP contribution in [-0.4, -0.2) is 10.9 Å². The molecular weight excluding hydrogens is 328 g/mol. The molecule has 0 unspecified atom stereocenters. The third-order valence-corrected chi connectivity index (χ3v) is 3.55. The van der Waals surface area contributed by atoms with Gasteiger partial charge in [-0.15, -0.1) is 0 Å². The van der Waals surface area contributed by atoms with E-state index in [-0.39, 0.29) is 11.1 Å². The number of halogens is 2. The molecule has 0 bridgehead atoms. The smallest absolute Gasteiger partial charge is 0.258 e. The number of amides is 1. The summed E-state index contributed by atoms with van der Waals surface area (Å²) in [6.07, 6.45) is 1.55. The number of rotatable bonds is 2. The molecule has 19 heavy (non-hydrogen) atoms. The van der Waals surface area contributed by atoms with E-state index in [2.05, 4.69) is 26.2 Å². The molecule has 0 aliphatic carbocycles. The zero-order chi connectivity index (χ0) is 14.0. The molecule has 1 N–H and O–H groups in total. The lowest BCUT2D eigenvalue weighted by atomic mass is 10.1. The fourth-order valence-electron chi connectivity index (χ4n) is 1.60. The molecule has 1 amide bonds. The van der Waals surface area contributed by atoms with Gasteiger partial charge in [-0.1, -0.05) is 17.7 Å². The molecule has 1 aromatic heterocycles. The van der Waals surface area contributed by atoms with Crippen LogP contribution in [0.15, 0.2) is 34.9 Å². The van der Waals surface area contributed by atoms with Gasteiger partial charge in [-0.3, -0.25) is 4.79 Å². The first-order valence-corrected chi connectivity index (χ1v) is 6.84. The number of nitrogens with zero attached hydrogens (tertiary/aromatic N) is 1. The molecule has 0 spiro atoms. The lowest BCUT2D eigenvalue weighted by Gasteiger charge is -2.08. The van der Waals surface area contributed by atoms with Crippen molar-refractivity contribution in [2.75, 3.05) is 5.32 Å². The predicted octanol–water partition coefficient (Wildman–Crippen LogP) is 4.37. The van der Waals surface area contributed by atoms with Gasteiger partial charge in [0.25, 0.3) is 5.91 Å². The van der Waals surface area contributed by atoms with Gasteiger partial charge in [-0.2, -0.15) is 0 Å². The molecular formula is C14H12BrClN2O. The molecule has 1 heterocycles. The molecule has 2 aromatic rings. The summed E-state index contributed by atoms with van der Waals surface area (Å²) in [6.45, 7) is 4.02. The minimum atomic E-state index is -0.276. The number of nitrogens with one attached hydrogen (secondary N) is 1. The van der Waals surface area contributed by atoms with Crippen LogP contribution in [0.1, 0.15) is 21.5 Å². The minimum absolute atomic E-state index is 0.185. The Morgan fingerprint density at radius 3 is 2.68 bits per heavy atom. The first-order chi connectivity index (χ1) is 8.97. The van der Waals surface area contributed by atoms with E-state index in [0.717, 1.165) is 11.3 Å². The minimum Gasteiger partial charge on any atom is -0.322 e. The number of benzene rings is 1. The number of hydrogen-bond donors (Lipinski definition) is 1. The van der Waals surface area contributed by atoms with Crippen molar-refractivity contribution in [2.24, 2.45) is 0 Å². The summed E-state index contributed by atoms with van der Waals surface area (Å²) < 4.78 is 0.710. The highest BCUT2D eigenvalue weighted by Crippen LogP contribution is 2.20.